The Balaban J connectivity index is 2.71. The first-order chi connectivity index (χ1) is 7.15. The predicted molar refractivity (Wildman–Crippen MR) is 52.4 cm³/mol. The van der Waals surface area contributed by atoms with Crippen LogP contribution in [0, 0.1) is 0 Å². The van der Waals surface area contributed by atoms with Gasteiger partial charge in [0.2, 0.25) is 0 Å². The summed E-state index contributed by atoms with van der Waals surface area (Å²) in [5.41, 5.74) is 0. The third kappa shape index (κ3) is 3.38. The van der Waals surface area contributed by atoms with Crippen LogP contribution in [0.2, 0.25) is 0 Å². The number of carbonyl (C=O) groups excluding carboxylic acids is 2. The van der Waals surface area contributed by atoms with E-state index >= 15 is 0 Å². The second kappa shape index (κ2) is 5.53. The average Bonchev–Trinajstić information content (AvgIpc) is 2.70. The van der Waals surface area contributed by atoms with Crippen molar-refractivity contribution in [3.63, 3.8) is 0 Å². The van der Waals surface area contributed by atoms with Crippen LogP contribution in [0.5, 0.6) is 0 Å². The number of hydrogen-bond acceptors (Lipinski definition) is 4. The van der Waals surface area contributed by atoms with Crippen molar-refractivity contribution < 1.29 is 19.4 Å². The van der Waals surface area contributed by atoms with Gasteiger partial charge in [0.15, 0.2) is 0 Å². The molecule has 1 rings (SSSR count). The molecule has 0 aliphatic rings. The van der Waals surface area contributed by atoms with E-state index in [1.165, 1.54) is 0 Å². The van der Waals surface area contributed by atoms with Gasteiger partial charge in [-0.1, -0.05) is 0 Å². The average molecular weight is 272 g/mol. The number of carbonyl (C=O) groups is 2. The monoisotopic (exact) mass is 273 g/mol. The summed E-state index contributed by atoms with van der Waals surface area (Å²) in [7, 11) is 0. The summed E-state index contributed by atoms with van der Waals surface area (Å²) in [5.74, 6) is -2.28. The first kappa shape index (κ1) is 11.8. The van der Waals surface area contributed by atoms with Crippen LogP contribution in [0.15, 0.2) is 28.9 Å². The maximum absolute atomic E-state index is 11.4. The zero-order valence-electron chi connectivity index (χ0n) is 8.06. The first-order valence-electron chi connectivity index (χ1n) is 4.28. The Bertz CT molecular complexity index is 378. The molecule has 0 unspecified atom stereocenters. The summed E-state index contributed by atoms with van der Waals surface area (Å²) >= 11 is -0.0253. The molecule has 15 heavy (non-hydrogen) atoms. The van der Waals surface area contributed by atoms with Crippen molar-refractivity contribution in [2.45, 2.75) is 6.92 Å². The fourth-order valence-corrected chi connectivity index (χ4v) is 2.20. The van der Waals surface area contributed by atoms with E-state index in [0.29, 0.717) is 4.44 Å². The van der Waals surface area contributed by atoms with Gasteiger partial charge in [0, 0.05) is 0 Å². The van der Waals surface area contributed by atoms with Crippen LogP contribution in [0.4, 0.5) is 0 Å². The van der Waals surface area contributed by atoms with Gasteiger partial charge in [-0.2, -0.15) is 0 Å². The van der Waals surface area contributed by atoms with Gasteiger partial charge in [-0.05, 0) is 0 Å². The molecule has 0 N–H and O–H groups in total. The van der Waals surface area contributed by atoms with E-state index in [-0.39, 0.29) is 21.1 Å². The minimum absolute atomic E-state index is 0.0253. The van der Waals surface area contributed by atoms with Gasteiger partial charge in [0.25, 0.3) is 0 Å². The van der Waals surface area contributed by atoms with Gasteiger partial charge < -0.3 is 0 Å². The molecule has 0 amide bonds. The second-order valence-electron chi connectivity index (χ2n) is 2.57. The SMILES string of the molecule is CCOC(=O)/C([O-])=C/C(=O)c1ccc[se]1. The zero-order valence-corrected chi connectivity index (χ0v) is 9.77. The van der Waals surface area contributed by atoms with Gasteiger partial charge in [-0.15, -0.1) is 0 Å². The maximum atomic E-state index is 11.4. The molecular weight excluding hydrogens is 263 g/mol. The van der Waals surface area contributed by atoms with Gasteiger partial charge in [-0.3, -0.25) is 0 Å². The van der Waals surface area contributed by atoms with Crippen LogP contribution < -0.4 is 5.11 Å². The molecule has 0 aliphatic heterocycles. The molecule has 0 aromatic carbocycles. The van der Waals surface area contributed by atoms with E-state index in [4.69, 9.17) is 0 Å². The van der Waals surface area contributed by atoms with Crippen molar-refractivity contribution in [1.29, 1.82) is 0 Å². The minimum atomic E-state index is -0.982. The van der Waals surface area contributed by atoms with E-state index in [2.05, 4.69) is 4.74 Å². The molecule has 0 bridgehead atoms. The van der Waals surface area contributed by atoms with Crippen LogP contribution in [0.1, 0.15) is 16.2 Å². The Morgan fingerprint density at radius 3 is 2.87 bits per heavy atom. The molecule has 4 nitrogen and oxygen atoms in total. The molecule has 1 heterocycles. The van der Waals surface area contributed by atoms with Crippen molar-refractivity contribution in [3.8, 4) is 0 Å². The third-order valence-electron chi connectivity index (χ3n) is 1.50. The van der Waals surface area contributed by atoms with Crippen LogP contribution in [0.25, 0.3) is 0 Å². The third-order valence-corrected chi connectivity index (χ3v) is 3.36. The molecule has 0 aliphatic carbocycles. The van der Waals surface area contributed by atoms with Gasteiger partial charge in [-0.25, -0.2) is 0 Å². The molecule has 0 fully saturated rings. The Hall–Kier alpha value is -1.32. The van der Waals surface area contributed by atoms with Gasteiger partial charge >= 0.3 is 92.6 Å². The number of allylic oxidation sites excluding steroid dienone is 1. The fourth-order valence-electron chi connectivity index (χ4n) is 0.870. The van der Waals surface area contributed by atoms with E-state index in [9.17, 15) is 14.7 Å². The number of hydrogen-bond donors (Lipinski definition) is 0. The molecule has 0 spiro atoms. The Labute approximate surface area is 92.9 Å². The molecule has 0 saturated heterocycles. The quantitative estimate of drug-likeness (QED) is 0.249. The Morgan fingerprint density at radius 2 is 2.33 bits per heavy atom. The van der Waals surface area contributed by atoms with Crippen molar-refractivity contribution in [3.05, 3.63) is 33.3 Å². The first-order valence-corrected chi connectivity index (χ1v) is 6.13. The van der Waals surface area contributed by atoms with Crippen LogP contribution in [-0.2, 0) is 9.53 Å². The topological polar surface area (TPSA) is 66.4 Å². The molecule has 5 heteroatoms. The van der Waals surface area contributed by atoms with Crippen molar-refractivity contribution in [1.82, 2.24) is 0 Å². The molecule has 1 aromatic rings. The Morgan fingerprint density at radius 1 is 1.60 bits per heavy atom. The molecule has 0 radical (unpaired) electrons. The second-order valence-corrected chi connectivity index (χ2v) is 4.56. The van der Waals surface area contributed by atoms with Crippen molar-refractivity contribution >= 4 is 26.3 Å². The number of ether oxygens (including phenoxy) is 1. The van der Waals surface area contributed by atoms with Crippen molar-refractivity contribution in [2.75, 3.05) is 6.61 Å². The van der Waals surface area contributed by atoms with Gasteiger partial charge in [0.05, 0.1) is 0 Å². The van der Waals surface area contributed by atoms with Crippen LogP contribution in [-0.4, -0.2) is 32.9 Å². The fraction of sp³-hybridized carbons (Fsp3) is 0.200. The predicted octanol–water partition coefficient (Wildman–Crippen LogP) is -0.266. The summed E-state index contributed by atoms with van der Waals surface area (Å²) in [6, 6.07) is 3.41. The summed E-state index contributed by atoms with van der Waals surface area (Å²) in [5, 5.41) is 11.1. The number of esters is 1. The molecule has 80 valence electrons. The number of ketones is 1. The molecular formula is C10H9O4Se-. The number of rotatable bonds is 4. The zero-order chi connectivity index (χ0) is 11.3. The molecule has 1 aromatic heterocycles. The van der Waals surface area contributed by atoms with E-state index < -0.39 is 17.5 Å². The Kier molecular flexibility index (Phi) is 4.34. The molecule has 0 atom stereocenters. The van der Waals surface area contributed by atoms with Crippen molar-refractivity contribution in [2.24, 2.45) is 0 Å². The van der Waals surface area contributed by atoms with E-state index in [1.54, 1.807) is 19.1 Å². The van der Waals surface area contributed by atoms with Crippen LogP contribution >= 0.6 is 0 Å². The van der Waals surface area contributed by atoms with Gasteiger partial charge in [0.1, 0.15) is 0 Å². The van der Waals surface area contributed by atoms with E-state index in [0.717, 1.165) is 6.08 Å². The molecule has 0 saturated carbocycles. The van der Waals surface area contributed by atoms with E-state index in [1.807, 2.05) is 4.94 Å². The summed E-state index contributed by atoms with van der Waals surface area (Å²) in [4.78, 5) is 24.2. The van der Waals surface area contributed by atoms with Crippen LogP contribution in [0.3, 0.4) is 0 Å². The standard InChI is InChI=1S/C10H10O4Se/c1-2-14-10(13)8(12)6-7(11)9-4-3-5-15-9/h3-6,12H,2H2,1H3/p-1/b8-6-. The summed E-state index contributed by atoms with van der Waals surface area (Å²) < 4.78 is 5.03. The summed E-state index contributed by atoms with van der Waals surface area (Å²) in [6.45, 7) is 1.72. The normalized spacial score (nSPS) is 11.1. The summed E-state index contributed by atoms with van der Waals surface area (Å²) in [6.07, 6.45) is 0.790.